The number of benzene rings is 1. The van der Waals surface area contributed by atoms with Crippen LogP contribution >= 0.6 is 0 Å². The Morgan fingerprint density at radius 3 is 2.48 bits per heavy atom. The molecule has 1 unspecified atom stereocenters. The third kappa shape index (κ3) is 3.97. The quantitative estimate of drug-likeness (QED) is 0.890. The zero-order valence-electron chi connectivity index (χ0n) is 14.8. The SMILES string of the molecule is COc1ccccc1CC1CCCN1C(=O)C1CCC(C(=O)O)CC1. The topological polar surface area (TPSA) is 66.8 Å². The van der Waals surface area contributed by atoms with E-state index in [0.29, 0.717) is 25.7 Å². The average Bonchev–Trinajstić information content (AvgIpc) is 3.09. The highest BCUT2D eigenvalue weighted by Crippen LogP contribution is 2.33. The Kier molecular flexibility index (Phi) is 5.61. The maximum Gasteiger partial charge on any atom is 0.306 e. The highest BCUT2D eigenvalue weighted by atomic mass is 16.5. The number of carboxylic acids is 1. The number of likely N-dealkylation sites (tertiary alicyclic amines) is 1. The van der Waals surface area contributed by atoms with Gasteiger partial charge in [0.25, 0.3) is 0 Å². The van der Waals surface area contributed by atoms with Gasteiger partial charge in [-0.25, -0.2) is 0 Å². The van der Waals surface area contributed by atoms with E-state index in [-0.39, 0.29) is 23.8 Å². The number of carbonyl (C=O) groups excluding carboxylic acids is 1. The summed E-state index contributed by atoms with van der Waals surface area (Å²) in [5, 5.41) is 9.12. The van der Waals surface area contributed by atoms with Gasteiger partial charge in [0.1, 0.15) is 5.75 Å². The molecule has 1 saturated carbocycles. The summed E-state index contributed by atoms with van der Waals surface area (Å²) in [4.78, 5) is 26.1. The molecule has 2 aliphatic rings. The van der Waals surface area contributed by atoms with Crippen LogP contribution in [0.4, 0.5) is 0 Å². The first-order chi connectivity index (χ1) is 12.1. The van der Waals surface area contributed by atoms with E-state index in [2.05, 4.69) is 6.07 Å². The van der Waals surface area contributed by atoms with Gasteiger partial charge in [0.05, 0.1) is 13.0 Å². The number of ether oxygens (including phenoxy) is 1. The van der Waals surface area contributed by atoms with Crippen molar-refractivity contribution >= 4 is 11.9 Å². The second-order valence-electron chi connectivity index (χ2n) is 7.23. The van der Waals surface area contributed by atoms with Crippen LogP contribution in [0.3, 0.4) is 0 Å². The first-order valence-electron chi connectivity index (χ1n) is 9.25. The average molecular weight is 345 g/mol. The number of amides is 1. The van der Waals surface area contributed by atoms with Gasteiger partial charge in [-0.3, -0.25) is 9.59 Å². The molecule has 1 heterocycles. The number of aliphatic carboxylic acids is 1. The van der Waals surface area contributed by atoms with Gasteiger partial charge in [-0.05, 0) is 56.6 Å². The van der Waals surface area contributed by atoms with E-state index in [1.54, 1.807) is 7.11 Å². The van der Waals surface area contributed by atoms with Gasteiger partial charge in [0.15, 0.2) is 0 Å². The molecular weight excluding hydrogens is 318 g/mol. The lowest BCUT2D eigenvalue weighted by Gasteiger charge is -2.32. The van der Waals surface area contributed by atoms with E-state index in [9.17, 15) is 9.59 Å². The molecule has 136 valence electrons. The third-order valence-electron chi connectivity index (χ3n) is 5.73. The summed E-state index contributed by atoms with van der Waals surface area (Å²) in [6.45, 7) is 0.817. The van der Waals surface area contributed by atoms with Crippen LogP contribution in [-0.4, -0.2) is 41.6 Å². The monoisotopic (exact) mass is 345 g/mol. The standard InChI is InChI=1S/C20H27NO4/c1-25-18-7-3-2-5-16(18)13-17-6-4-12-21(17)19(22)14-8-10-15(11-9-14)20(23)24/h2-3,5,7,14-15,17H,4,6,8-13H2,1H3,(H,23,24). The normalized spacial score (nSPS) is 26.4. The second-order valence-corrected chi connectivity index (χ2v) is 7.23. The molecule has 0 aromatic heterocycles. The number of nitrogens with zero attached hydrogens (tertiary/aromatic N) is 1. The van der Waals surface area contributed by atoms with Crippen LogP contribution in [0, 0.1) is 11.8 Å². The largest absolute Gasteiger partial charge is 0.496 e. The summed E-state index contributed by atoms with van der Waals surface area (Å²) in [7, 11) is 1.68. The van der Waals surface area contributed by atoms with Gasteiger partial charge >= 0.3 is 5.97 Å². The van der Waals surface area contributed by atoms with Crippen molar-refractivity contribution in [3.05, 3.63) is 29.8 Å². The van der Waals surface area contributed by atoms with Crippen molar-refractivity contribution in [2.45, 2.75) is 51.0 Å². The van der Waals surface area contributed by atoms with Gasteiger partial charge in [-0.15, -0.1) is 0 Å². The Hall–Kier alpha value is -2.04. The van der Waals surface area contributed by atoms with Crippen LogP contribution in [0.1, 0.15) is 44.1 Å². The summed E-state index contributed by atoms with van der Waals surface area (Å²) in [5.74, 6) is 0.104. The predicted molar refractivity (Wildman–Crippen MR) is 94.5 cm³/mol. The van der Waals surface area contributed by atoms with E-state index >= 15 is 0 Å². The molecule has 1 N–H and O–H groups in total. The van der Waals surface area contributed by atoms with Gasteiger partial charge < -0.3 is 14.7 Å². The van der Waals surface area contributed by atoms with E-state index in [1.165, 1.54) is 0 Å². The predicted octanol–water partition coefficient (Wildman–Crippen LogP) is 3.12. The molecule has 1 aliphatic heterocycles. The lowest BCUT2D eigenvalue weighted by molar-refractivity contribution is -0.146. The number of carboxylic acid groups (broad SMARTS) is 1. The molecule has 0 radical (unpaired) electrons. The fraction of sp³-hybridized carbons (Fsp3) is 0.600. The number of rotatable bonds is 5. The minimum absolute atomic E-state index is 0.00568. The Morgan fingerprint density at radius 2 is 1.80 bits per heavy atom. The molecule has 1 aromatic carbocycles. The van der Waals surface area contributed by atoms with Crippen molar-refractivity contribution in [1.82, 2.24) is 4.90 Å². The first kappa shape index (κ1) is 17.8. The summed E-state index contributed by atoms with van der Waals surface area (Å²) in [5.41, 5.74) is 1.14. The molecular formula is C20H27NO4. The summed E-state index contributed by atoms with van der Waals surface area (Å²) in [6, 6.07) is 8.22. The Labute approximate surface area is 149 Å². The molecule has 1 aromatic rings. The van der Waals surface area contributed by atoms with Gasteiger partial charge in [0.2, 0.25) is 5.91 Å². The number of hydrogen-bond donors (Lipinski definition) is 1. The zero-order chi connectivity index (χ0) is 17.8. The molecule has 5 nitrogen and oxygen atoms in total. The van der Waals surface area contributed by atoms with Crippen molar-refractivity contribution in [3.8, 4) is 5.75 Å². The molecule has 25 heavy (non-hydrogen) atoms. The number of methoxy groups -OCH3 is 1. The highest BCUT2D eigenvalue weighted by Gasteiger charge is 2.36. The van der Waals surface area contributed by atoms with Crippen LogP contribution in [0.15, 0.2) is 24.3 Å². The van der Waals surface area contributed by atoms with E-state index in [4.69, 9.17) is 9.84 Å². The minimum Gasteiger partial charge on any atom is -0.496 e. The van der Waals surface area contributed by atoms with Gasteiger partial charge in [0, 0.05) is 18.5 Å². The first-order valence-corrected chi connectivity index (χ1v) is 9.25. The maximum absolute atomic E-state index is 13.0. The maximum atomic E-state index is 13.0. The molecule has 1 saturated heterocycles. The van der Waals surface area contributed by atoms with E-state index in [0.717, 1.165) is 37.1 Å². The van der Waals surface area contributed by atoms with Crippen LogP contribution < -0.4 is 4.74 Å². The fourth-order valence-corrected chi connectivity index (χ4v) is 4.29. The van der Waals surface area contributed by atoms with Crippen LogP contribution in [0.5, 0.6) is 5.75 Å². The van der Waals surface area contributed by atoms with Crippen LogP contribution in [-0.2, 0) is 16.0 Å². The van der Waals surface area contributed by atoms with E-state index in [1.807, 2.05) is 23.1 Å². The number of hydrogen-bond acceptors (Lipinski definition) is 3. The summed E-state index contributed by atoms with van der Waals surface area (Å²) >= 11 is 0. The van der Waals surface area contributed by atoms with Gasteiger partial charge in [-0.2, -0.15) is 0 Å². The van der Waals surface area contributed by atoms with Gasteiger partial charge in [-0.1, -0.05) is 18.2 Å². The smallest absolute Gasteiger partial charge is 0.306 e. The lowest BCUT2D eigenvalue weighted by atomic mass is 9.81. The number of para-hydroxylation sites is 1. The third-order valence-corrected chi connectivity index (χ3v) is 5.73. The lowest BCUT2D eigenvalue weighted by Crippen LogP contribution is -2.42. The van der Waals surface area contributed by atoms with Crippen molar-refractivity contribution in [1.29, 1.82) is 0 Å². The fourth-order valence-electron chi connectivity index (χ4n) is 4.29. The Bertz CT molecular complexity index is 622. The molecule has 0 bridgehead atoms. The minimum atomic E-state index is -0.721. The van der Waals surface area contributed by atoms with Crippen molar-refractivity contribution in [2.75, 3.05) is 13.7 Å². The molecule has 2 fully saturated rings. The Balaban J connectivity index is 1.63. The van der Waals surface area contributed by atoms with Crippen LogP contribution in [0.2, 0.25) is 0 Å². The molecule has 1 amide bonds. The molecule has 1 aliphatic carbocycles. The summed E-state index contributed by atoms with van der Waals surface area (Å²) < 4.78 is 5.44. The Morgan fingerprint density at radius 1 is 1.12 bits per heavy atom. The zero-order valence-corrected chi connectivity index (χ0v) is 14.8. The van der Waals surface area contributed by atoms with Crippen molar-refractivity contribution in [2.24, 2.45) is 11.8 Å². The molecule has 3 rings (SSSR count). The molecule has 0 spiro atoms. The molecule has 5 heteroatoms. The molecule has 1 atom stereocenters. The summed E-state index contributed by atoms with van der Waals surface area (Å²) in [6.07, 6.45) is 5.53. The highest BCUT2D eigenvalue weighted by molar-refractivity contribution is 5.80. The van der Waals surface area contributed by atoms with Crippen molar-refractivity contribution in [3.63, 3.8) is 0 Å². The van der Waals surface area contributed by atoms with Crippen molar-refractivity contribution < 1.29 is 19.4 Å². The number of carbonyl (C=O) groups is 2. The van der Waals surface area contributed by atoms with Crippen LogP contribution in [0.25, 0.3) is 0 Å². The van der Waals surface area contributed by atoms with E-state index < -0.39 is 5.97 Å². The second kappa shape index (κ2) is 7.89.